The number of anilines is 1. The molecule has 4 nitrogen and oxygen atoms in total. The molecule has 4 heteroatoms. The van der Waals surface area contributed by atoms with Gasteiger partial charge in [0.1, 0.15) is 0 Å². The Balaban J connectivity index is 1.64. The molecule has 0 saturated heterocycles. The van der Waals surface area contributed by atoms with Gasteiger partial charge < -0.3 is 9.88 Å². The minimum Gasteiger partial charge on any atom is -0.380 e. The van der Waals surface area contributed by atoms with E-state index in [9.17, 15) is 0 Å². The summed E-state index contributed by atoms with van der Waals surface area (Å²) in [6.07, 6.45) is 5.67. The normalized spacial score (nSPS) is 10.8. The van der Waals surface area contributed by atoms with Gasteiger partial charge in [0.15, 0.2) is 0 Å². The number of aromatic nitrogens is 3. The average Bonchev–Trinajstić information content (AvgIpc) is 3.00. The number of nitrogens with one attached hydrogen (secondary N) is 1. The third kappa shape index (κ3) is 2.99. The highest BCUT2D eigenvalue weighted by Crippen LogP contribution is 2.23. The highest BCUT2D eigenvalue weighted by molar-refractivity contribution is 5.84. The van der Waals surface area contributed by atoms with E-state index in [4.69, 9.17) is 0 Å². The van der Waals surface area contributed by atoms with Crippen molar-refractivity contribution in [2.45, 2.75) is 13.1 Å². The van der Waals surface area contributed by atoms with Crippen molar-refractivity contribution in [1.29, 1.82) is 0 Å². The maximum atomic E-state index is 3.90. The highest BCUT2D eigenvalue weighted by atomic mass is 15.1. The third-order valence-corrected chi connectivity index (χ3v) is 4.13. The first kappa shape index (κ1) is 14.5. The predicted octanol–water partition coefficient (Wildman–Crippen LogP) is 4.09. The van der Waals surface area contributed by atoms with Crippen LogP contribution in [0.2, 0.25) is 0 Å². The predicted molar refractivity (Wildman–Crippen MR) is 96.8 cm³/mol. The molecule has 0 radical (unpaired) electrons. The van der Waals surface area contributed by atoms with Crippen LogP contribution in [-0.4, -0.2) is 14.8 Å². The van der Waals surface area contributed by atoms with Gasteiger partial charge in [0.05, 0.1) is 18.1 Å². The number of nitrogens with zero attached hydrogens (tertiary/aromatic N) is 3. The maximum Gasteiger partial charge on any atom is 0.0727 e. The molecule has 4 rings (SSSR count). The summed E-state index contributed by atoms with van der Waals surface area (Å²) < 4.78 is 2.31. The minimum atomic E-state index is 0.758. The summed E-state index contributed by atoms with van der Waals surface area (Å²) in [4.78, 5) is 0. The van der Waals surface area contributed by atoms with Crippen molar-refractivity contribution in [3.05, 3.63) is 90.4 Å². The Hall–Kier alpha value is -3.14. The van der Waals surface area contributed by atoms with Crippen molar-refractivity contribution in [2.75, 3.05) is 5.32 Å². The second kappa shape index (κ2) is 6.54. The van der Waals surface area contributed by atoms with Gasteiger partial charge in [-0.25, -0.2) is 0 Å². The summed E-state index contributed by atoms with van der Waals surface area (Å²) in [5.74, 6) is 0. The molecule has 118 valence electrons. The molecular formula is C20H18N4. The van der Waals surface area contributed by atoms with E-state index in [1.54, 1.807) is 12.4 Å². The molecule has 0 unspecified atom stereocenters. The maximum absolute atomic E-state index is 3.90. The number of para-hydroxylation sites is 1. The molecule has 1 N–H and O–H groups in total. The highest BCUT2D eigenvalue weighted by Gasteiger charge is 2.08. The topological polar surface area (TPSA) is 42.7 Å². The van der Waals surface area contributed by atoms with E-state index >= 15 is 0 Å². The molecule has 0 aliphatic carbocycles. The van der Waals surface area contributed by atoms with Gasteiger partial charge in [-0.15, -0.1) is 0 Å². The first-order valence-corrected chi connectivity index (χ1v) is 8.01. The van der Waals surface area contributed by atoms with E-state index in [2.05, 4.69) is 80.9 Å². The van der Waals surface area contributed by atoms with Crippen LogP contribution in [0, 0.1) is 0 Å². The van der Waals surface area contributed by atoms with E-state index in [1.165, 1.54) is 22.0 Å². The van der Waals surface area contributed by atoms with Crippen LogP contribution in [0.15, 0.2) is 79.3 Å². The van der Waals surface area contributed by atoms with Gasteiger partial charge >= 0.3 is 0 Å². The zero-order chi connectivity index (χ0) is 16.2. The summed E-state index contributed by atoms with van der Waals surface area (Å²) in [5.41, 5.74) is 4.81. The Labute approximate surface area is 140 Å². The van der Waals surface area contributed by atoms with E-state index < -0.39 is 0 Å². The summed E-state index contributed by atoms with van der Waals surface area (Å²) in [5, 5.41) is 12.4. The van der Waals surface area contributed by atoms with Gasteiger partial charge in [0.25, 0.3) is 0 Å². The fourth-order valence-electron chi connectivity index (χ4n) is 2.97. The largest absolute Gasteiger partial charge is 0.380 e. The fourth-order valence-corrected chi connectivity index (χ4v) is 2.97. The SMILES string of the molecule is c1ccc(Cn2cc(CNc3ccnnc3)c3ccccc32)cc1. The zero-order valence-corrected chi connectivity index (χ0v) is 13.3. The van der Waals surface area contributed by atoms with E-state index in [-0.39, 0.29) is 0 Å². The molecule has 4 aromatic rings. The Morgan fingerprint density at radius 1 is 0.875 bits per heavy atom. The second-order valence-electron chi connectivity index (χ2n) is 5.77. The lowest BCUT2D eigenvalue weighted by molar-refractivity contribution is 0.831. The van der Waals surface area contributed by atoms with Crippen LogP contribution >= 0.6 is 0 Å². The lowest BCUT2D eigenvalue weighted by Crippen LogP contribution is -2.00. The van der Waals surface area contributed by atoms with E-state index in [0.717, 1.165) is 18.8 Å². The van der Waals surface area contributed by atoms with Crippen molar-refractivity contribution < 1.29 is 0 Å². The smallest absolute Gasteiger partial charge is 0.0727 e. The molecular weight excluding hydrogens is 296 g/mol. The molecule has 0 spiro atoms. The fraction of sp³-hybridized carbons (Fsp3) is 0.100. The van der Waals surface area contributed by atoms with Crippen LogP contribution in [0.25, 0.3) is 10.9 Å². The Kier molecular flexibility index (Phi) is 3.94. The molecule has 0 fully saturated rings. The van der Waals surface area contributed by atoms with Crippen molar-refractivity contribution in [2.24, 2.45) is 0 Å². The van der Waals surface area contributed by atoms with Crippen LogP contribution in [0.1, 0.15) is 11.1 Å². The quantitative estimate of drug-likeness (QED) is 0.603. The molecule has 2 aromatic heterocycles. The molecule has 2 heterocycles. The zero-order valence-electron chi connectivity index (χ0n) is 13.3. The number of hydrogen-bond acceptors (Lipinski definition) is 3. The lowest BCUT2D eigenvalue weighted by atomic mass is 10.2. The number of fused-ring (bicyclic) bond motifs is 1. The third-order valence-electron chi connectivity index (χ3n) is 4.13. The van der Waals surface area contributed by atoms with Gasteiger partial charge in [-0.2, -0.15) is 10.2 Å². The molecule has 24 heavy (non-hydrogen) atoms. The van der Waals surface area contributed by atoms with Crippen LogP contribution in [0.4, 0.5) is 5.69 Å². The standard InChI is InChI=1S/C20H18N4/c1-2-6-16(7-3-1)14-24-15-17(19-8-4-5-9-20(19)24)12-21-18-10-11-22-23-13-18/h1-11,13,15H,12,14H2,(H,21,22). The summed E-state index contributed by atoms with van der Waals surface area (Å²) in [6.45, 7) is 1.63. The molecule has 0 aliphatic heterocycles. The molecule has 0 atom stereocenters. The number of hydrogen-bond donors (Lipinski definition) is 1. The Morgan fingerprint density at radius 3 is 2.54 bits per heavy atom. The first-order chi connectivity index (χ1) is 11.9. The summed E-state index contributed by atoms with van der Waals surface area (Å²) in [7, 11) is 0. The van der Waals surface area contributed by atoms with E-state index in [0.29, 0.717) is 0 Å². The van der Waals surface area contributed by atoms with Gasteiger partial charge in [-0.3, -0.25) is 0 Å². The van der Waals surface area contributed by atoms with E-state index in [1.807, 2.05) is 6.07 Å². The monoisotopic (exact) mass is 314 g/mol. The van der Waals surface area contributed by atoms with Crippen molar-refractivity contribution in [1.82, 2.24) is 14.8 Å². The Morgan fingerprint density at radius 2 is 1.71 bits per heavy atom. The van der Waals surface area contributed by atoms with Crippen molar-refractivity contribution in [3.8, 4) is 0 Å². The molecule has 0 saturated carbocycles. The minimum absolute atomic E-state index is 0.758. The van der Waals surface area contributed by atoms with Gasteiger partial charge in [-0.05, 0) is 23.3 Å². The average molecular weight is 314 g/mol. The van der Waals surface area contributed by atoms with Gasteiger partial charge in [0, 0.05) is 30.2 Å². The molecule has 0 amide bonds. The summed E-state index contributed by atoms with van der Waals surface area (Å²) in [6, 6.07) is 21.0. The van der Waals surface area contributed by atoms with Crippen molar-refractivity contribution in [3.63, 3.8) is 0 Å². The lowest BCUT2D eigenvalue weighted by Gasteiger charge is -2.05. The van der Waals surface area contributed by atoms with Crippen LogP contribution in [0.5, 0.6) is 0 Å². The van der Waals surface area contributed by atoms with Gasteiger partial charge in [-0.1, -0.05) is 48.5 Å². The Bertz CT molecular complexity index is 930. The first-order valence-electron chi connectivity index (χ1n) is 8.01. The van der Waals surface area contributed by atoms with Crippen LogP contribution < -0.4 is 5.32 Å². The van der Waals surface area contributed by atoms with Gasteiger partial charge in [0.2, 0.25) is 0 Å². The van der Waals surface area contributed by atoms with Crippen LogP contribution in [0.3, 0.4) is 0 Å². The van der Waals surface area contributed by atoms with Crippen LogP contribution in [-0.2, 0) is 13.1 Å². The summed E-state index contributed by atoms with van der Waals surface area (Å²) >= 11 is 0. The number of benzene rings is 2. The number of rotatable bonds is 5. The van der Waals surface area contributed by atoms with Crippen molar-refractivity contribution >= 4 is 16.6 Å². The molecule has 0 bridgehead atoms. The molecule has 0 aliphatic rings. The second-order valence-corrected chi connectivity index (χ2v) is 5.77. The molecule has 2 aromatic carbocycles.